The van der Waals surface area contributed by atoms with Crippen LogP contribution in [-0.2, 0) is 0 Å². The Hall–Kier alpha value is -0.846. The number of hydrogen-bond donors (Lipinski definition) is 0. The summed E-state index contributed by atoms with van der Waals surface area (Å²) in [5, 5.41) is 1.11. The number of halogens is 2. The Labute approximate surface area is 203 Å². The number of rotatable bonds is 8. The molecule has 0 aliphatic heterocycles. The van der Waals surface area contributed by atoms with Crippen LogP contribution in [0.5, 0.6) is 5.75 Å². The van der Waals surface area contributed by atoms with Gasteiger partial charge in [0.05, 0.1) is 21.7 Å². The van der Waals surface area contributed by atoms with Gasteiger partial charge < -0.3 is 4.74 Å². The van der Waals surface area contributed by atoms with Gasteiger partial charge in [0.1, 0.15) is 16.1 Å². The fourth-order valence-electron chi connectivity index (χ4n) is 3.06. The average Bonchev–Trinajstić information content (AvgIpc) is 2.66. The first-order chi connectivity index (χ1) is 14.3. The van der Waals surface area contributed by atoms with Gasteiger partial charge in [-0.2, -0.15) is 0 Å². The van der Waals surface area contributed by atoms with Crippen molar-refractivity contribution in [2.45, 2.75) is 98.3 Å². The first-order valence-corrected chi connectivity index (χ1v) is 19.3. The molecule has 0 fully saturated rings. The lowest BCUT2D eigenvalue weighted by Crippen LogP contribution is -2.19. The lowest BCUT2D eigenvalue weighted by atomic mass is 9.95. The third-order valence-electron chi connectivity index (χ3n) is 5.10. The van der Waals surface area contributed by atoms with Gasteiger partial charge in [0.25, 0.3) is 0 Å². The summed E-state index contributed by atoms with van der Waals surface area (Å²) in [5.74, 6) is 7.92. The molecule has 0 aliphatic rings. The van der Waals surface area contributed by atoms with Crippen molar-refractivity contribution in [3.63, 3.8) is 0 Å². The molecule has 1 atom stereocenters. The van der Waals surface area contributed by atoms with Crippen molar-refractivity contribution in [3.8, 4) is 28.7 Å². The first kappa shape index (κ1) is 28.2. The lowest BCUT2D eigenvalue weighted by molar-refractivity contribution is 0.174. The Balaban J connectivity index is 3.46. The van der Waals surface area contributed by atoms with Crippen molar-refractivity contribution in [1.82, 2.24) is 0 Å². The zero-order valence-corrected chi connectivity index (χ0v) is 24.4. The SMILES string of the molecule is CCC(CC)CCC(CC)Oc1c(Cl)c(C#C[Si](C)(C)C)cc(Cl)c1C#C[Si](C)(C)C. The van der Waals surface area contributed by atoms with Gasteiger partial charge in [-0.1, -0.05) is 108 Å². The van der Waals surface area contributed by atoms with Crippen LogP contribution in [0.3, 0.4) is 0 Å². The summed E-state index contributed by atoms with van der Waals surface area (Å²) < 4.78 is 6.52. The van der Waals surface area contributed by atoms with Crippen LogP contribution in [0.1, 0.15) is 64.0 Å². The second-order valence-electron chi connectivity index (χ2n) is 10.3. The van der Waals surface area contributed by atoms with E-state index in [1.807, 2.05) is 6.07 Å². The topological polar surface area (TPSA) is 9.23 Å². The summed E-state index contributed by atoms with van der Waals surface area (Å²) in [7, 11) is -3.14. The molecular formula is C26H40Cl2OSi2. The molecule has 1 nitrogen and oxygen atoms in total. The van der Waals surface area contributed by atoms with E-state index in [4.69, 9.17) is 27.9 Å². The second-order valence-corrected chi connectivity index (χ2v) is 20.6. The van der Waals surface area contributed by atoms with E-state index in [1.54, 1.807) is 0 Å². The summed E-state index contributed by atoms with van der Waals surface area (Å²) in [5.41, 5.74) is 8.25. The first-order valence-electron chi connectivity index (χ1n) is 11.6. The molecule has 0 heterocycles. The van der Waals surface area contributed by atoms with E-state index in [0.29, 0.717) is 21.4 Å². The fourth-order valence-corrected chi connectivity index (χ4v) is 4.55. The maximum Gasteiger partial charge on any atom is 0.156 e. The monoisotopic (exact) mass is 494 g/mol. The summed E-state index contributed by atoms with van der Waals surface area (Å²) in [6.07, 6.45) is 5.56. The highest BCUT2D eigenvalue weighted by Gasteiger charge is 2.21. The number of ether oxygens (including phenoxy) is 1. The number of benzene rings is 1. The Kier molecular flexibility index (Phi) is 11.3. The minimum absolute atomic E-state index is 0.0850. The molecular weight excluding hydrogens is 455 g/mol. The molecule has 172 valence electrons. The van der Waals surface area contributed by atoms with E-state index >= 15 is 0 Å². The van der Waals surface area contributed by atoms with Crippen LogP contribution in [0.2, 0.25) is 49.3 Å². The largest absolute Gasteiger partial charge is 0.487 e. The molecule has 1 unspecified atom stereocenters. The molecule has 0 radical (unpaired) electrons. The molecule has 1 rings (SSSR count). The normalized spacial score (nSPS) is 12.6. The van der Waals surface area contributed by atoms with Crippen LogP contribution < -0.4 is 4.74 Å². The third kappa shape index (κ3) is 10.1. The van der Waals surface area contributed by atoms with Crippen LogP contribution >= 0.6 is 23.2 Å². The smallest absolute Gasteiger partial charge is 0.156 e. The van der Waals surface area contributed by atoms with Crippen molar-refractivity contribution in [1.29, 1.82) is 0 Å². The van der Waals surface area contributed by atoms with Gasteiger partial charge in [-0.25, -0.2) is 0 Å². The summed E-state index contributed by atoms with van der Waals surface area (Å²) in [6, 6.07) is 1.85. The van der Waals surface area contributed by atoms with Gasteiger partial charge in [-0.05, 0) is 31.2 Å². The second kappa shape index (κ2) is 12.4. The molecule has 0 amide bonds. The lowest BCUT2D eigenvalue weighted by Gasteiger charge is -2.23. The molecule has 0 bridgehead atoms. The van der Waals surface area contributed by atoms with E-state index in [1.165, 1.54) is 12.8 Å². The molecule has 1 aromatic rings. The zero-order chi connectivity index (χ0) is 23.8. The van der Waals surface area contributed by atoms with Gasteiger partial charge >= 0.3 is 0 Å². The van der Waals surface area contributed by atoms with Crippen LogP contribution in [0.4, 0.5) is 0 Å². The van der Waals surface area contributed by atoms with Crippen LogP contribution in [0, 0.1) is 28.8 Å². The van der Waals surface area contributed by atoms with Gasteiger partial charge in [0.2, 0.25) is 0 Å². The van der Waals surface area contributed by atoms with Gasteiger partial charge in [0, 0.05) is 5.56 Å². The van der Waals surface area contributed by atoms with Crippen LogP contribution in [0.25, 0.3) is 0 Å². The highest BCUT2D eigenvalue weighted by atomic mass is 35.5. The predicted molar refractivity (Wildman–Crippen MR) is 145 cm³/mol. The summed E-state index contributed by atoms with van der Waals surface area (Å²) in [4.78, 5) is 0. The summed E-state index contributed by atoms with van der Waals surface area (Å²) >= 11 is 13.6. The fraction of sp³-hybridized carbons (Fsp3) is 0.615. The van der Waals surface area contributed by atoms with Crippen molar-refractivity contribution in [3.05, 3.63) is 27.2 Å². The van der Waals surface area contributed by atoms with Crippen molar-refractivity contribution in [2.75, 3.05) is 0 Å². The molecule has 0 saturated carbocycles. The Morgan fingerprint density at radius 2 is 1.39 bits per heavy atom. The van der Waals surface area contributed by atoms with Crippen LogP contribution in [0.15, 0.2) is 6.07 Å². The zero-order valence-electron chi connectivity index (χ0n) is 20.9. The molecule has 31 heavy (non-hydrogen) atoms. The van der Waals surface area contributed by atoms with Crippen molar-refractivity contribution < 1.29 is 4.74 Å². The minimum Gasteiger partial charge on any atom is -0.487 e. The summed E-state index contributed by atoms with van der Waals surface area (Å²) in [6.45, 7) is 20.0. The highest BCUT2D eigenvalue weighted by Crippen LogP contribution is 2.38. The Morgan fingerprint density at radius 3 is 1.87 bits per heavy atom. The third-order valence-corrected chi connectivity index (χ3v) is 7.52. The predicted octanol–water partition coefficient (Wildman–Crippen LogP) is 8.83. The quantitative estimate of drug-likeness (QED) is 0.259. The molecule has 0 saturated heterocycles. The molecule has 0 aliphatic carbocycles. The Bertz CT molecular complexity index is 854. The molecule has 5 heteroatoms. The molecule has 0 aromatic heterocycles. The standard InChI is InChI=1S/C26H40Cl2OSi2/c1-10-20(11-2)13-14-22(12-3)29-26-23(16-18-31(7,8)9)24(27)19-21(25(26)28)15-17-30(4,5)6/h19-20,22H,10-14H2,1-9H3. The molecule has 0 spiro atoms. The van der Waals surface area contributed by atoms with Gasteiger partial charge in [0.15, 0.2) is 5.75 Å². The van der Waals surface area contributed by atoms with E-state index in [2.05, 4.69) is 83.0 Å². The number of hydrogen-bond acceptors (Lipinski definition) is 1. The van der Waals surface area contributed by atoms with Gasteiger partial charge in [-0.15, -0.1) is 11.1 Å². The molecule has 1 aromatic carbocycles. The van der Waals surface area contributed by atoms with E-state index in [0.717, 1.165) is 30.7 Å². The van der Waals surface area contributed by atoms with Gasteiger partial charge in [-0.3, -0.25) is 0 Å². The van der Waals surface area contributed by atoms with E-state index < -0.39 is 16.1 Å². The van der Waals surface area contributed by atoms with Crippen molar-refractivity contribution in [2.24, 2.45) is 5.92 Å². The van der Waals surface area contributed by atoms with E-state index in [-0.39, 0.29) is 6.10 Å². The average molecular weight is 496 g/mol. The Morgan fingerprint density at radius 1 is 0.839 bits per heavy atom. The van der Waals surface area contributed by atoms with Crippen LogP contribution in [-0.4, -0.2) is 22.3 Å². The van der Waals surface area contributed by atoms with Crippen molar-refractivity contribution >= 4 is 39.3 Å². The maximum absolute atomic E-state index is 6.86. The maximum atomic E-state index is 6.86. The minimum atomic E-state index is -1.59. The van der Waals surface area contributed by atoms with E-state index in [9.17, 15) is 0 Å². The molecule has 0 N–H and O–H groups in total. The highest BCUT2D eigenvalue weighted by molar-refractivity contribution is 6.84.